The number of aromatic amines is 1. The summed E-state index contributed by atoms with van der Waals surface area (Å²) in [6, 6.07) is 6.04. The van der Waals surface area contributed by atoms with Crippen molar-refractivity contribution in [3.8, 4) is 0 Å². The van der Waals surface area contributed by atoms with Gasteiger partial charge in [0.05, 0.1) is 18.2 Å². The van der Waals surface area contributed by atoms with Crippen LogP contribution < -0.4 is 16.0 Å². The molecular weight excluding hydrogens is 326 g/mol. The molecule has 4 N–H and O–H groups in total. The smallest absolute Gasteiger partial charge is 0.244 e. The average Bonchev–Trinajstić information content (AvgIpc) is 3.24. The van der Waals surface area contributed by atoms with Crippen molar-refractivity contribution >= 4 is 29.3 Å². The summed E-state index contributed by atoms with van der Waals surface area (Å²) in [5.74, 6) is -0.104. The van der Waals surface area contributed by atoms with E-state index in [1.165, 1.54) is 6.08 Å². The third-order valence-corrected chi connectivity index (χ3v) is 4.44. The Morgan fingerprint density at radius 1 is 1.54 bits per heavy atom. The molecule has 2 heterocycles. The first-order valence-electron chi connectivity index (χ1n) is 7.86. The van der Waals surface area contributed by atoms with Crippen molar-refractivity contribution in [3.63, 3.8) is 0 Å². The Hall–Kier alpha value is -2.31. The van der Waals surface area contributed by atoms with Gasteiger partial charge in [0, 0.05) is 42.5 Å². The molecule has 1 aromatic heterocycles. The van der Waals surface area contributed by atoms with Gasteiger partial charge in [-0.05, 0) is 30.2 Å². The highest BCUT2D eigenvalue weighted by atomic mass is 35.5. The molecule has 24 heavy (non-hydrogen) atoms. The second kappa shape index (κ2) is 7.51. The highest BCUT2D eigenvalue weighted by Gasteiger charge is 2.23. The number of carbonyl (C=O) groups is 1. The van der Waals surface area contributed by atoms with E-state index in [0.717, 1.165) is 36.5 Å². The Kier molecular flexibility index (Phi) is 5.17. The lowest BCUT2D eigenvalue weighted by Crippen LogP contribution is -2.36. The number of hydrogen-bond donors (Lipinski definition) is 3. The second-order valence-electron chi connectivity index (χ2n) is 5.76. The lowest BCUT2D eigenvalue weighted by Gasteiger charge is -2.19. The molecule has 7 heteroatoms. The van der Waals surface area contributed by atoms with E-state index in [0.29, 0.717) is 11.6 Å². The summed E-state index contributed by atoms with van der Waals surface area (Å²) in [6.45, 7) is 2.08. The van der Waals surface area contributed by atoms with E-state index < -0.39 is 0 Å². The van der Waals surface area contributed by atoms with Crippen LogP contribution >= 0.6 is 11.6 Å². The van der Waals surface area contributed by atoms with Gasteiger partial charge in [-0.3, -0.25) is 4.79 Å². The number of imidazole rings is 1. The van der Waals surface area contributed by atoms with Crippen LogP contribution in [0.15, 0.2) is 36.8 Å². The first kappa shape index (κ1) is 16.5. The van der Waals surface area contributed by atoms with Crippen LogP contribution in [0.3, 0.4) is 0 Å². The van der Waals surface area contributed by atoms with Gasteiger partial charge in [-0.25, -0.2) is 4.98 Å². The predicted octanol–water partition coefficient (Wildman–Crippen LogP) is 1.93. The summed E-state index contributed by atoms with van der Waals surface area (Å²) in [5, 5.41) is 3.71. The summed E-state index contributed by atoms with van der Waals surface area (Å²) in [5.41, 5.74) is 8.43. The fourth-order valence-electron chi connectivity index (χ4n) is 2.78. The number of H-pyrrole nitrogens is 1. The summed E-state index contributed by atoms with van der Waals surface area (Å²) < 4.78 is 0. The van der Waals surface area contributed by atoms with Crippen molar-refractivity contribution in [2.24, 2.45) is 5.73 Å². The van der Waals surface area contributed by atoms with Crippen LogP contribution in [0.25, 0.3) is 6.08 Å². The van der Waals surface area contributed by atoms with Crippen molar-refractivity contribution < 1.29 is 4.79 Å². The summed E-state index contributed by atoms with van der Waals surface area (Å²) in [7, 11) is 0. The number of anilines is 1. The first-order chi connectivity index (χ1) is 11.7. The number of rotatable bonds is 5. The summed E-state index contributed by atoms with van der Waals surface area (Å²) in [4.78, 5) is 21.0. The molecule has 0 unspecified atom stereocenters. The largest absolute Gasteiger partial charge is 0.369 e. The van der Waals surface area contributed by atoms with Gasteiger partial charge in [-0.1, -0.05) is 17.7 Å². The molecule has 3 rings (SSSR count). The SMILES string of the molecule is NCc1ccc(N2CC[C@@H](NC(=O)/C=C/c3cnc[nH]3)C2)cc1Cl. The van der Waals surface area contributed by atoms with Gasteiger partial charge in [0.1, 0.15) is 0 Å². The van der Waals surface area contributed by atoms with Gasteiger partial charge in [-0.15, -0.1) is 0 Å². The Morgan fingerprint density at radius 2 is 2.42 bits per heavy atom. The molecule has 1 fully saturated rings. The minimum absolute atomic E-state index is 0.104. The maximum absolute atomic E-state index is 12.0. The number of nitrogens with two attached hydrogens (primary N) is 1. The van der Waals surface area contributed by atoms with Crippen molar-refractivity contribution in [2.45, 2.75) is 19.0 Å². The van der Waals surface area contributed by atoms with Gasteiger partial charge in [0.2, 0.25) is 5.91 Å². The number of amides is 1. The Bertz CT molecular complexity index is 729. The van der Waals surface area contributed by atoms with E-state index >= 15 is 0 Å². The Morgan fingerprint density at radius 3 is 3.12 bits per heavy atom. The molecule has 126 valence electrons. The van der Waals surface area contributed by atoms with Crippen molar-refractivity contribution in [1.29, 1.82) is 0 Å². The molecule has 0 saturated carbocycles. The van der Waals surface area contributed by atoms with Crippen molar-refractivity contribution in [1.82, 2.24) is 15.3 Å². The van der Waals surface area contributed by atoms with Gasteiger partial charge in [-0.2, -0.15) is 0 Å². The van der Waals surface area contributed by atoms with Crippen LogP contribution in [-0.4, -0.2) is 35.0 Å². The van der Waals surface area contributed by atoms with E-state index in [1.807, 2.05) is 18.2 Å². The molecule has 6 nitrogen and oxygen atoms in total. The summed E-state index contributed by atoms with van der Waals surface area (Å²) in [6.07, 6.45) is 7.37. The minimum Gasteiger partial charge on any atom is -0.369 e. The third kappa shape index (κ3) is 3.96. The zero-order valence-electron chi connectivity index (χ0n) is 13.2. The van der Waals surface area contributed by atoms with Crippen LogP contribution in [0.2, 0.25) is 5.02 Å². The van der Waals surface area contributed by atoms with Crippen molar-refractivity contribution in [2.75, 3.05) is 18.0 Å². The molecule has 0 spiro atoms. The van der Waals surface area contributed by atoms with E-state index in [-0.39, 0.29) is 11.9 Å². The number of carbonyl (C=O) groups excluding carboxylic acids is 1. The van der Waals surface area contributed by atoms with E-state index in [4.69, 9.17) is 17.3 Å². The number of nitrogens with zero attached hydrogens (tertiary/aromatic N) is 2. The highest BCUT2D eigenvalue weighted by Crippen LogP contribution is 2.26. The molecule has 0 bridgehead atoms. The first-order valence-corrected chi connectivity index (χ1v) is 8.24. The van der Waals surface area contributed by atoms with Crippen LogP contribution in [0, 0.1) is 0 Å². The van der Waals surface area contributed by atoms with Gasteiger partial charge < -0.3 is 20.9 Å². The van der Waals surface area contributed by atoms with Gasteiger partial charge in [0.25, 0.3) is 0 Å². The quantitative estimate of drug-likeness (QED) is 0.723. The molecule has 0 aliphatic carbocycles. The zero-order chi connectivity index (χ0) is 16.9. The molecule has 1 saturated heterocycles. The Labute approximate surface area is 145 Å². The van der Waals surface area contributed by atoms with Gasteiger partial charge in [0.15, 0.2) is 0 Å². The predicted molar refractivity (Wildman–Crippen MR) is 95.7 cm³/mol. The summed E-state index contributed by atoms with van der Waals surface area (Å²) >= 11 is 6.23. The fourth-order valence-corrected chi connectivity index (χ4v) is 3.04. The minimum atomic E-state index is -0.104. The molecular formula is C17H20ClN5O. The number of nitrogens with one attached hydrogen (secondary N) is 2. The van der Waals surface area contributed by atoms with Crippen molar-refractivity contribution in [3.05, 3.63) is 53.1 Å². The number of aromatic nitrogens is 2. The molecule has 1 amide bonds. The van der Waals surface area contributed by atoms with Crippen LogP contribution in [-0.2, 0) is 11.3 Å². The molecule has 1 aromatic carbocycles. The van der Waals surface area contributed by atoms with Crippen LogP contribution in [0.4, 0.5) is 5.69 Å². The standard InChI is InChI=1S/C17H20ClN5O/c18-16-7-15(3-1-12(16)8-19)23-6-5-14(10-23)22-17(24)4-2-13-9-20-11-21-13/h1-4,7,9,11,14H,5-6,8,10,19H2,(H,20,21)(H,22,24)/b4-2+/t14-/m1/s1. The molecule has 1 aliphatic rings. The zero-order valence-corrected chi connectivity index (χ0v) is 14.0. The lowest BCUT2D eigenvalue weighted by molar-refractivity contribution is -0.117. The molecule has 1 aliphatic heterocycles. The topological polar surface area (TPSA) is 87.0 Å². The third-order valence-electron chi connectivity index (χ3n) is 4.09. The van der Waals surface area contributed by atoms with E-state index in [9.17, 15) is 4.79 Å². The lowest BCUT2D eigenvalue weighted by atomic mass is 10.2. The second-order valence-corrected chi connectivity index (χ2v) is 6.17. The van der Waals surface area contributed by atoms with E-state index in [2.05, 4.69) is 20.2 Å². The van der Waals surface area contributed by atoms with Crippen LogP contribution in [0.5, 0.6) is 0 Å². The number of benzene rings is 1. The normalized spacial score (nSPS) is 17.6. The van der Waals surface area contributed by atoms with Crippen LogP contribution in [0.1, 0.15) is 17.7 Å². The monoisotopic (exact) mass is 345 g/mol. The van der Waals surface area contributed by atoms with Gasteiger partial charge >= 0.3 is 0 Å². The highest BCUT2D eigenvalue weighted by molar-refractivity contribution is 6.31. The average molecular weight is 346 g/mol. The maximum atomic E-state index is 12.0. The number of hydrogen-bond acceptors (Lipinski definition) is 4. The molecule has 0 radical (unpaired) electrons. The Balaban J connectivity index is 1.55. The molecule has 2 aromatic rings. The molecule has 1 atom stereocenters. The maximum Gasteiger partial charge on any atom is 0.244 e. The number of halogens is 1. The van der Waals surface area contributed by atoms with E-state index in [1.54, 1.807) is 18.6 Å². The fraction of sp³-hybridized carbons (Fsp3) is 0.294.